The van der Waals surface area contributed by atoms with Crippen molar-refractivity contribution in [3.8, 4) is 0 Å². The first-order valence-electron chi connectivity index (χ1n) is 10.7. The first kappa shape index (κ1) is 27.8. The van der Waals surface area contributed by atoms with Crippen LogP contribution >= 0.6 is 0 Å². The van der Waals surface area contributed by atoms with Gasteiger partial charge < -0.3 is 37.2 Å². The van der Waals surface area contributed by atoms with Gasteiger partial charge >= 0.3 is 11.9 Å². The molecule has 1 aliphatic rings. The van der Waals surface area contributed by atoms with E-state index in [4.69, 9.17) is 21.7 Å². The summed E-state index contributed by atoms with van der Waals surface area (Å²) >= 11 is 0. The number of carbonyl (C=O) groups excluding carboxylic acids is 4. The second-order valence-electron chi connectivity index (χ2n) is 8.49. The lowest BCUT2D eigenvalue weighted by atomic mass is 10.0. The van der Waals surface area contributed by atoms with Crippen LogP contribution < -0.4 is 22.1 Å². The van der Waals surface area contributed by atoms with Crippen LogP contribution in [0.5, 0.6) is 0 Å². The maximum absolute atomic E-state index is 13.2. The van der Waals surface area contributed by atoms with Crippen LogP contribution in [-0.4, -0.2) is 81.4 Å². The maximum atomic E-state index is 13.2. The van der Waals surface area contributed by atoms with Gasteiger partial charge in [0.2, 0.25) is 23.6 Å². The Hall–Kier alpha value is -3.22. The van der Waals surface area contributed by atoms with Gasteiger partial charge in [-0.15, -0.1) is 0 Å². The zero-order valence-corrected chi connectivity index (χ0v) is 18.8. The summed E-state index contributed by atoms with van der Waals surface area (Å²) in [7, 11) is 0. The maximum Gasteiger partial charge on any atom is 0.326 e. The summed E-state index contributed by atoms with van der Waals surface area (Å²) in [5.41, 5.74) is 11.1. The van der Waals surface area contributed by atoms with Gasteiger partial charge in [-0.1, -0.05) is 13.8 Å². The fourth-order valence-electron chi connectivity index (χ4n) is 3.58. The zero-order chi connectivity index (χ0) is 25.3. The van der Waals surface area contributed by atoms with Crippen molar-refractivity contribution in [2.75, 3.05) is 6.54 Å². The molecule has 4 amide bonds. The third-order valence-electron chi connectivity index (χ3n) is 5.19. The summed E-state index contributed by atoms with van der Waals surface area (Å²) in [5, 5.41) is 22.7. The van der Waals surface area contributed by atoms with Crippen molar-refractivity contribution in [3.63, 3.8) is 0 Å². The number of primary amides is 1. The molecule has 8 N–H and O–H groups in total. The van der Waals surface area contributed by atoms with Crippen LogP contribution in [-0.2, 0) is 28.8 Å². The highest BCUT2D eigenvalue weighted by molar-refractivity contribution is 5.95. The number of likely N-dealkylation sites (tertiary alicyclic amines) is 1. The molecule has 0 bridgehead atoms. The monoisotopic (exact) mass is 471 g/mol. The molecule has 186 valence electrons. The molecule has 4 unspecified atom stereocenters. The Morgan fingerprint density at radius 2 is 1.70 bits per heavy atom. The lowest BCUT2D eigenvalue weighted by Crippen LogP contribution is -2.57. The zero-order valence-electron chi connectivity index (χ0n) is 18.8. The third-order valence-corrected chi connectivity index (χ3v) is 5.19. The molecule has 1 aliphatic heterocycles. The molecule has 13 nitrogen and oxygen atoms in total. The largest absolute Gasteiger partial charge is 0.481 e. The van der Waals surface area contributed by atoms with Crippen LogP contribution in [0.3, 0.4) is 0 Å². The molecule has 33 heavy (non-hydrogen) atoms. The fraction of sp³-hybridized carbons (Fsp3) is 0.700. The summed E-state index contributed by atoms with van der Waals surface area (Å²) in [6, 6.07) is -4.75. The standard InChI is InChI=1S/C20H33N5O8/c1-10(2)8-11(21)17(29)23-12(5-6-15(22)26)19(31)25-7-3-4-14(25)18(30)24-13(20(32)33)9-16(27)28/h10-14H,3-9,21H2,1-2H3,(H2,22,26)(H,23,29)(H,24,30)(H,27,28)(H,32,33). The molecule has 0 aromatic carbocycles. The van der Waals surface area contributed by atoms with E-state index in [1.807, 2.05) is 13.8 Å². The lowest BCUT2D eigenvalue weighted by molar-refractivity contribution is -0.148. The molecule has 1 saturated heterocycles. The molecule has 0 spiro atoms. The number of carboxylic acids is 2. The molecular formula is C20H33N5O8. The molecule has 13 heteroatoms. The van der Waals surface area contributed by atoms with Crippen LogP contribution in [0.1, 0.15) is 52.4 Å². The Labute approximate surface area is 191 Å². The van der Waals surface area contributed by atoms with Crippen LogP contribution in [0.25, 0.3) is 0 Å². The number of carboxylic acid groups (broad SMARTS) is 2. The molecule has 0 aromatic heterocycles. The average molecular weight is 472 g/mol. The average Bonchev–Trinajstić information content (AvgIpc) is 3.18. The normalized spacial score (nSPS) is 18.3. The predicted molar refractivity (Wildman–Crippen MR) is 114 cm³/mol. The van der Waals surface area contributed by atoms with E-state index in [1.165, 1.54) is 4.90 Å². The van der Waals surface area contributed by atoms with Gasteiger partial charge in [-0.2, -0.15) is 0 Å². The molecule has 0 saturated carbocycles. The van der Waals surface area contributed by atoms with Gasteiger partial charge in [0.25, 0.3) is 0 Å². The Kier molecular flexibility index (Phi) is 10.7. The highest BCUT2D eigenvalue weighted by Gasteiger charge is 2.39. The molecule has 0 aliphatic carbocycles. The summed E-state index contributed by atoms with van der Waals surface area (Å²) in [5.74, 6) is -5.51. The number of carbonyl (C=O) groups is 6. The van der Waals surface area contributed by atoms with Crippen molar-refractivity contribution in [1.82, 2.24) is 15.5 Å². The van der Waals surface area contributed by atoms with Gasteiger partial charge in [0.15, 0.2) is 0 Å². The molecule has 0 radical (unpaired) electrons. The van der Waals surface area contributed by atoms with Crippen LogP contribution in [0.4, 0.5) is 0 Å². The first-order valence-corrected chi connectivity index (χ1v) is 10.7. The van der Waals surface area contributed by atoms with Gasteiger partial charge in [-0.25, -0.2) is 4.79 Å². The fourth-order valence-corrected chi connectivity index (χ4v) is 3.58. The quantitative estimate of drug-likeness (QED) is 0.177. The topological polar surface area (TPSA) is 222 Å². The van der Waals surface area contributed by atoms with E-state index in [9.17, 15) is 28.8 Å². The molecule has 1 fully saturated rings. The van der Waals surface area contributed by atoms with Crippen molar-refractivity contribution in [3.05, 3.63) is 0 Å². The molecule has 4 atom stereocenters. The molecule has 1 heterocycles. The second kappa shape index (κ2) is 12.7. The number of hydrogen-bond acceptors (Lipinski definition) is 7. The van der Waals surface area contributed by atoms with Crippen molar-refractivity contribution in [1.29, 1.82) is 0 Å². The predicted octanol–water partition coefficient (Wildman–Crippen LogP) is -1.85. The van der Waals surface area contributed by atoms with E-state index in [2.05, 4.69) is 10.6 Å². The molecular weight excluding hydrogens is 438 g/mol. The highest BCUT2D eigenvalue weighted by atomic mass is 16.4. The van der Waals surface area contributed by atoms with E-state index in [1.54, 1.807) is 0 Å². The summed E-state index contributed by atoms with van der Waals surface area (Å²) in [6.45, 7) is 3.92. The Morgan fingerprint density at radius 3 is 2.21 bits per heavy atom. The number of rotatable bonds is 13. The number of hydrogen-bond donors (Lipinski definition) is 6. The van der Waals surface area contributed by atoms with Crippen LogP contribution in [0.15, 0.2) is 0 Å². The minimum absolute atomic E-state index is 0.101. The van der Waals surface area contributed by atoms with Gasteiger partial charge in [0, 0.05) is 13.0 Å². The van der Waals surface area contributed by atoms with Crippen molar-refractivity contribution >= 4 is 35.6 Å². The number of nitrogens with zero attached hydrogens (tertiary/aromatic N) is 1. The Morgan fingerprint density at radius 1 is 1.06 bits per heavy atom. The van der Waals surface area contributed by atoms with Crippen molar-refractivity contribution in [2.24, 2.45) is 17.4 Å². The van der Waals surface area contributed by atoms with Gasteiger partial charge in [0.1, 0.15) is 18.1 Å². The summed E-state index contributed by atoms with van der Waals surface area (Å²) < 4.78 is 0. The van der Waals surface area contributed by atoms with Gasteiger partial charge in [0.05, 0.1) is 12.5 Å². The lowest BCUT2D eigenvalue weighted by Gasteiger charge is -2.30. The van der Waals surface area contributed by atoms with E-state index < -0.39 is 66.2 Å². The summed E-state index contributed by atoms with van der Waals surface area (Å²) in [4.78, 5) is 72.9. The van der Waals surface area contributed by atoms with E-state index >= 15 is 0 Å². The number of nitrogens with one attached hydrogen (secondary N) is 2. The van der Waals surface area contributed by atoms with Crippen molar-refractivity contribution < 1.29 is 39.0 Å². The van der Waals surface area contributed by atoms with Gasteiger partial charge in [-0.05, 0) is 31.6 Å². The third kappa shape index (κ3) is 9.04. The van der Waals surface area contributed by atoms with E-state index in [-0.39, 0.29) is 31.7 Å². The van der Waals surface area contributed by atoms with Gasteiger partial charge in [-0.3, -0.25) is 24.0 Å². The van der Waals surface area contributed by atoms with Crippen LogP contribution in [0.2, 0.25) is 0 Å². The first-order chi connectivity index (χ1) is 15.3. The summed E-state index contributed by atoms with van der Waals surface area (Å²) in [6.07, 6.45) is -0.0924. The van der Waals surface area contributed by atoms with Crippen molar-refractivity contribution in [2.45, 2.75) is 76.5 Å². The smallest absolute Gasteiger partial charge is 0.326 e. The van der Waals surface area contributed by atoms with Crippen LogP contribution in [0, 0.1) is 5.92 Å². The van der Waals surface area contributed by atoms with E-state index in [0.717, 1.165) is 0 Å². The highest BCUT2D eigenvalue weighted by Crippen LogP contribution is 2.20. The SMILES string of the molecule is CC(C)CC(N)C(=O)NC(CCC(N)=O)C(=O)N1CCCC1C(=O)NC(CC(=O)O)C(=O)O. The van der Waals surface area contributed by atoms with E-state index in [0.29, 0.717) is 12.8 Å². The second-order valence-corrected chi connectivity index (χ2v) is 8.49. The Bertz CT molecular complexity index is 772. The minimum atomic E-state index is -1.66. The number of nitrogens with two attached hydrogens (primary N) is 2. The molecule has 0 aromatic rings. The Balaban J connectivity index is 2.98. The minimum Gasteiger partial charge on any atom is -0.481 e. The number of aliphatic carboxylic acids is 2. The molecule has 1 rings (SSSR count). The number of amides is 4.